The van der Waals surface area contributed by atoms with Crippen molar-refractivity contribution in [1.29, 1.82) is 0 Å². The highest BCUT2D eigenvalue weighted by molar-refractivity contribution is 6.07. The monoisotopic (exact) mass is 1450 g/mol. The number of nitrogens with zero attached hydrogens (tertiary/aromatic N) is 9. The Hall–Kier alpha value is -7.78. The summed E-state index contributed by atoms with van der Waals surface area (Å²) in [6.07, 6.45) is 21.2. The summed E-state index contributed by atoms with van der Waals surface area (Å²) in [5.41, 5.74) is 6.37. The molecule has 13 rings (SSSR count). The smallest absolute Gasteiger partial charge is 0.260 e. The lowest BCUT2D eigenvalue weighted by Crippen LogP contribution is -2.47. The Morgan fingerprint density at radius 3 is 1.39 bits per heavy atom. The van der Waals surface area contributed by atoms with E-state index in [2.05, 4.69) is 108 Å². The summed E-state index contributed by atoms with van der Waals surface area (Å²) in [4.78, 5) is 79.3. The van der Waals surface area contributed by atoms with Gasteiger partial charge in [0.15, 0.2) is 0 Å². The Balaban J connectivity index is 0.000000173. The molecular formula is C84H111F4N11O6. The number of ketones is 2. The molecular weight excluding hydrogens is 1330 g/mol. The van der Waals surface area contributed by atoms with Crippen LogP contribution in [-0.4, -0.2) is 135 Å². The number of amides is 4. The molecule has 2 saturated carbocycles. The molecule has 4 unspecified atom stereocenters. The fraction of sp³-hybridized carbons (Fsp3) is 0.595. The maximum atomic E-state index is 13.8. The van der Waals surface area contributed by atoms with Gasteiger partial charge in [-0.25, -0.2) is 17.6 Å². The lowest BCUT2D eigenvalue weighted by atomic mass is 9.86. The molecule has 6 atom stereocenters. The number of aryl methyl sites for hydroxylation is 7. The number of hydrogen-bond acceptors (Lipinski definition) is 12. The van der Waals surface area contributed by atoms with Gasteiger partial charge in [-0.2, -0.15) is 0 Å². The number of likely N-dealkylation sites (tertiary alicyclic amines) is 1. The lowest BCUT2D eigenvalue weighted by molar-refractivity contribution is -0.136. The maximum Gasteiger partial charge on any atom is 0.260 e. The molecule has 105 heavy (non-hydrogen) atoms. The fourth-order valence-corrected chi connectivity index (χ4v) is 17.5. The molecule has 4 aromatic carbocycles. The van der Waals surface area contributed by atoms with Crippen molar-refractivity contribution in [3.8, 4) is 0 Å². The molecule has 17 nitrogen and oxygen atoms in total. The van der Waals surface area contributed by atoms with Gasteiger partial charge >= 0.3 is 0 Å². The number of Topliss-reactive ketones (excluding diaryl/α,β-unsaturated/α-hetero) is 2. The van der Waals surface area contributed by atoms with Gasteiger partial charge in [0.25, 0.3) is 5.91 Å². The second-order valence-electron chi connectivity index (χ2n) is 31.4. The zero-order chi connectivity index (χ0) is 74.2. The number of nitrogens with one attached hydrogen (secondary N) is 2. The Morgan fingerprint density at radius 2 is 0.952 bits per heavy atom. The van der Waals surface area contributed by atoms with E-state index in [9.17, 15) is 46.3 Å². The molecule has 7 heterocycles. The molecule has 0 radical (unpaired) electrons. The topological polar surface area (TPSA) is 198 Å². The number of carbonyl (C=O) groups is 6. The number of imide groups is 1. The number of piperidine rings is 2. The summed E-state index contributed by atoms with van der Waals surface area (Å²) in [6.45, 7) is 10.2. The average molecular weight is 1450 g/mol. The van der Waals surface area contributed by atoms with E-state index in [1.54, 1.807) is 0 Å². The Labute approximate surface area is 618 Å². The van der Waals surface area contributed by atoms with Crippen LogP contribution in [0.2, 0.25) is 0 Å². The molecule has 5 aliphatic heterocycles. The van der Waals surface area contributed by atoms with Crippen molar-refractivity contribution in [2.24, 2.45) is 24.8 Å². The molecule has 7 fully saturated rings. The second kappa shape index (κ2) is 36.7. The standard InChI is InChI=1S/C40H50F2N6O3.C24H34F2N2O.C20H27N3O2/c1-27-44-45-36(10-6-5-7-28-11-13-31(14-12-28)39(51)47-24-20-37(47)49)48(27)34-25-32-15-16-33(26-34)46(32)23-19-35(29-8-3-2-4-9-29)43-38(50)30-17-21-40(41,42)22-18-30;1-17-15-20-7-8-21(16-17)28(20)14-11-22(18-5-3-2-4-6-18)27-23(29)19-9-12-24(25,26)13-10-19;1-15(24)14-19(25)13-12-18-10-8-17(9-11-18)6-4-5-7-20-22-21-16(2)23(20)3/h2-4,8-9,11-14,30,32-35H,5-7,10,15-26H2,1H3,(H,43,50);2-6,17,19-22H,7-16H2,1H3,(H,27,29);8-11H,4-7,12-14H2,1-3H3/t32?,33?,34?,35-;17?,20?,21?,22-;/m00./s1. The summed E-state index contributed by atoms with van der Waals surface area (Å²) in [6, 6.07) is 38.7. The minimum absolute atomic E-state index is 0.0237. The van der Waals surface area contributed by atoms with E-state index in [0.29, 0.717) is 61.6 Å². The first-order valence-electron chi connectivity index (χ1n) is 39.3. The van der Waals surface area contributed by atoms with Crippen LogP contribution in [-0.2, 0) is 63.1 Å². The van der Waals surface area contributed by atoms with Crippen molar-refractivity contribution in [1.82, 2.24) is 54.9 Å². The molecule has 2 aliphatic carbocycles. The van der Waals surface area contributed by atoms with Crippen LogP contribution in [0.4, 0.5) is 17.6 Å². The van der Waals surface area contributed by atoms with E-state index in [0.717, 1.165) is 149 Å². The summed E-state index contributed by atoms with van der Waals surface area (Å²) >= 11 is 0. The van der Waals surface area contributed by atoms with Gasteiger partial charge in [-0.05, 0) is 201 Å². The Morgan fingerprint density at radius 1 is 0.524 bits per heavy atom. The minimum Gasteiger partial charge on any atom is -0.349 e. The van der Waals surface area contributed by atoms with E-state index >= 15 is 0 Å². The van der Waals surface area contributed by atoms with Crippen LogP contribution in [0.3, 0.4) is 0 Å². The summed E-state index contributed by atoms with van der Waals surface area (Å²) in [7, 11) is 2.00. The van der Waals surface area contributed by atoms with Gasteiger partial charge in [0.2, 0.25) is 29.6 Å². The number of fused-ring (bicyclic) bond motifs is 4. The number of aromatic nitrogens is 6. The Bertz CT molecular complexity index is 3800. The largest absolute Gasteiger partial charge is 0.349 e. The summed E-state index contributed by atoms with van der Waals surface area (Å²) in [5, 5.41) is 23.9. The zero-order valence-corrected chi connectivity index (χ0v) is 62.5. The van der Waals surface area contributed by atoms with Gasteiger partial charge in [-0.3, -0.25) is 43.5 Å². The predicted octanol–water partition coefficient (Wildman–Crippen LogP) is 15.3. The Kier molecular flexibility index (Phi) is 27.4. The number of β-lactam (4-membered cyclic amide) rings is 1. The highest BCUT2D eigenvalue weighted by atomic mass is 19.3. The quantitative estimate of drug-likeness (QED) is 0.0148. The molecule has 6 aromatic rings. The first kappa shape index (κ1) is 78.3. The third-order valence-corrected chi connectivity index (χ3v) is 23.7. The normalized spacial score (nSPS) is 22.7. The molecule has 21 heteroatoms. The maximum absolute atomic E-state index is 13.8. The third kappa shape index (κ3) is 21.7. The first-order chi connectivity index (χ1) is 50.5. The molecule has 4 bridgehead atoms. The summed E-state index contributed by atoms with van der Waals surface area (Å²) < 4.78 is 58.9. The predicted molar refractivity (Wildman–Crippen MR) is 397 cm³/mol. The molecule has 7 aliphatic rings. The second-order valence-corrected chi connectivity index (χ2v) is 31.4. The van der Waals surface area contributed by atoms with Crippen LogP contribution >= 0.6 is 0 Å². The third-order valence-electron chi connectivity index (χ3n) is 23.7. The van der Waals surface area contributed by atoms with Gasteiger partial charge in [0, 0.05) is 126 Å². The number of hydrogen-bond donors (Lipinski definition) is 2. The highest BCUT2D eigenvalue weighted by Gasteiger charge is 2.44. The van der Waals surface area contributed by atoms with Crippen molar-refractivity contribution in [3.05, 3.63) is 166 Å². The number of rotatable bonds is 29. The number of halogens is 4. The van der Waals surface area contributed by atoms with E-state index in [-0.39, 0.29) is 117 Å². The van der Waals surface area contributed by atoms with Gasteiger partial charge in [-0.15, -0.1) is 20.4 Å². The van der Waals surface area contributed by atoms with Gasteiger partial charge in [-0.1, -0.05) is 104 Å². The molecule has 5 saturated heterocycles. The summed E-state index contributed by atoms with van der Waals surface area (Å²) in [5.74, 6) is -1.54. The highest BCUT2D eigenvalue weighted by Crippen LogP contribution is 2.44. The number of carbonyl (C=O) groups excluding carboxylic acids is 6. The first-order valence-corrected chi connectivity index (χ1v) is 39.3. The van der Waals surface area contributed by atoms with E-state index in [1.165, 1.54) is 48.6 Å². The zero-order valence-electron chi connectivity index (χ0n) is 62.5. The minimum atomic E-state index is -2.65. The van der Waals surface area contributed by atoms with E-state index < -0.39 is 11.8 Å². The van der Waals surface area contributed by atoms with Crippen molar-refractivity contribution in [3.63, 3.8) is 0 Å². The van der Waals surface area contributed by atoms with Crippen LogP contribution in [0.5, 0.6) is 0 Å². The van der Waals surface area contributed by atoms with Crippen LogP contribution < -0.4 is 10.6 Å². The SMILES string of the molecule is CC(=O)CC(=O)CCc1ccc(CCCCc2nnc(C)n2C)cc1.CC1CC2CCC(C1)N2CC[C@H](NC(=O)C1CCC(F)(F)CC1)c1ccccc1.Cc1nnc(CCCCc2ccc(C(=O)N3CCC3=O)cc2)n1C1CC2CCC(C1)N2CC[C@H](NC(=O)C1CCC(F)(F)CC1)c1ccccc1. The van der Waals surface area contributed by atoms with Crippen LogP contribution in [0.15, 0.2) is 109 Å². The van der Waals surface area contributed by atoms with Crippen LogP contribution in [0.1, 0.15) is 254 Å². The van der Waals surface area contributed by atoms with Gasteiger partial charge < -0.3 is 19.8 Å². The molecule has 566 valence electrons. The van der Waals surface area contributed by atoms with Gasteiger partial charge in [0.05, 0.1) is 18.5 Å². The van der Waals surface area contributed by atoms with Crippen molar-refractivity contribution in [2.45, 2.75) is 274 Å². The molecule has 2 aromatic heterocycles. The fourth-order valence-electron chi connectivity index (χ4n) is 17.5. The van der Waals surface area contributed by atoms with Crippen LogP contribution in [0.25, 0.3) is 0 Å². The van der Waals surface area contributed by atoms with Crippen LogP contribution in [0, 0.1) is 31.6 Å². The number of benzene rings is 4. The van der Waals surface area contributed by atoms with Crippen molar-refractivity contribution >= 4 is 35.2 Å². The number of unbranched alkanes of at least 4 members (excludes halogenated alkanes) is 2. The lowest BCUT2D eigenvalue weighted by Gasteiger charge is -2.40. The van der Waals surface area contributed by atoms with E-state index in [4.69, 9.17) is 0 Å². The number of alkyl halides is 4. The molecule has 4 amide bonds. The average Bonchev–Trinajstić information content (AvgIpc) is 1.64. The van der Waals surface area contributed by atoms with Crippen molar-refractivity contribution < 1.29 is 46.3 Å². The molecule has 0 spiro atoms. The molecule has 2 N–H and O–H groups in total. The van der Waals surface area contributed by atoms with E-state index in [1.807, 2.05) is 79.2 Å². The van der Waals surface area contributed by atoms with Crippen molar-refractivity contribution in [2.75, 3.05) is 19.6 Å². The van der Waals surface area contributed by atoms with Gasteiger partial charge in [0.1, 0.15) is 34.9 Å².